The van der Waals surface area contributed by atoms with Crippen LogP contribution in [0.1, 0.15) is 181 Å². The third kappa shape index (κ3) is 39.5. The van der Waals surface area contributed by atoms with Gasteiger partial charge in [0.15, 0.2) is 6.10 Å². The Kier molecular flexibility index (Phi) is 38.1. The zero-order chi connectivity index (χ0) is 38.9. The molecule has 0 saturated carbocycles. The van der Waals surface area contributed by atoms with Gasteiger partial charge in [0.25, 0.3) is 0 Å². The van der Waals surface area contributed by atoms with Gasteiger partial charge in [0.1, 0.15) is 6.61 Å². The van der Waals surface area contributed by atoms with Gasteiger partial charge in [-0.1, -0.05) is 165 Å². The molecule has 2 unspecified atom stereocenters. The van der Waals surface area contributed by atoms with E-state index in [9.17, 15) is 19.0 Å². The second-order valence-electron chi connectivity index (χ2n) is 13.8. The van der Waals surface area contributed by atoms with Crippen LogP contribution >= 0.6 is 7.82 Å². The van der Waals surface area contributed by atoms with E-state index in [4.69, 9.17) is 24.3 Å². The zero-order valence-corrected chi connectivity index (χ0v) is 34.6. The van der Waals surface area contributed by atoms with Crippen LogP contribution in [0.25, 0.3) is 0 Å². The number of ether oxygens (including phenoxy) is 2. The summed E-state index contributed by atoms with van der Waals surface area (Å²) in [5.41, 5.74) is 5.34. The SMILES string of the molecule is CC/C=C\C/C=C\C/C=C\C/C=C\CCCCCCCCCCC(=O)OC(COC(=O)CCCCCCCCCCCCC)COP(=O)(O)OCCN. The van der Waals surface area contributed by atoms with Gasteiger partial charge in [-0.25, -0.2) is 4.57 Å². The minimum Gasteiger partial charge on any atom is -0.462 e. The van der Waals surface area contributed by atoms with E-state index in [1.165, 1.54) is 77.0 Å². The second kappa shape index (κ2) is 39.7. The maximum Gasteiger partial charge on any atom is 0.472 e. The Hall–Kier alpha value is -2.03. The standard InChI is InChI=1S/C43H78NO8P/c1-3-5-7-9-11-13-15-16-17-18-19-20-21-22-23-24-26-28-30-32-34-36-43(46)52-41(40-51-53(47,48)50-38-37-44)39-49-42(45)35-33-31-29-27-25-14-12-10-8-6-4-2/h5,7,11,13,16-17,19-20,41H,3-4,6,8-10,12,14-15,18,21-40,44H2,1-2H3,(H,47,48)/b7-5-,13-11-,17-16-,20-19-. The molecule has 3 N–H and O–H groups in total. The van der Waals surface area contributed by atoms with Crippen LogP contribution < -0.4 is 5.73 Å². The largest absolute Gasteiger partial charge is 0.472 e. The van der Waals surface area contributed by atoms with Crippen LogP contribution in [0.5, 0.6) is 0 Å². The molecule has 0 rings (SSSR count). The molecule has 0 radical (unpaired) electrons. The van der Waals surface area contributed by atoms with Gasteiger partial charge < -0.3 is 20.1 Å². The van der Waals surface area contributed by atoms with Gasteiger partial charge in [-0.15, -0.1) is 0 Å². The van der Waals surface area contributed by atoms with E-state index in [1.54, 1.807) is 0 Å². The number of unbranched alkanes of at least 4 members (excludes halogenated alkanes) is 18. The molecule has 0 aromatic rings. The molecule has 0 aliphatic rings. The Balaban J connectivity index is 4.14. The average Bonchev–Trinajstić information content (AvgIpc) is 3.14. The third-order valence-electron chi connectivity index (χ3n) is 8.73. The fourth-order valence-corrected chi connectivity index (χ4v) is 6.39. The number of esters is 2. The van der Waals surface area contributed by atoms with Crippen molar-refractivity contribution in [3.8, 4) is 0 Å². The smallest absolute Gasteiger partial charge is 0.462 e. The van der Waals surface area contributed by atoms with Crippen LogP contribution in [-0.4, -0.2) is 49.3 Å². The molecule has 308 valence electrons. The average molecular weight is 768 g/mol. The molecule has 0 fully saturated rings. The minimum absolute atomic E-state index is 0.0513. The van der Waals surface area contributed by atoms with Gasteiger partial charge in [0.05, 0.1) is 13.2 Å². The van der Waals surface area contributed by atoms with Crippen LogP contribution in [0.3, 0.4) is 0 Å². The number of hydrogen-bond acceptors (Lipinski definition) is 8. The van der Waals surface area contributed by atoms with Gasteiger partial charge in [0.2, 0.25) is 0 Å². The number of rotatable bonds is 39. The Labute approximate surface area is 324 Å². The first-order chi connectivity index (χ1) is 25.8. The van der Waals surface area contributed by atoms with Crippen LogP contribution in [0.15, 0.2) is 48.6 Å². The van der Waals surface area contributed by atoms with E-state index in [0.717, 1.165) is 70.6 Å². The fourth-order valence-electron chi connectivity index (χ4n) is 5.62. The lowest BCUT2D eigenvalue weighted by Gasteiger charge is -2.19. The molecule has 10 heteroatoms. The Morgan fingerprint density at radius 3 is 1.55 bits per heavy atom. The summed E-state index contributed by atoms with van der Waals surface area (Å²) in [6, 6.07) is 0. The third-order valence-corrected chi connectivity index (χ3v) is 9.71. The van der Waals surface area contributed by atoms with Crippen molar-refractivity contribution in [2.24, 2.45) is 5.73 Å². The molecule has 0 saturated heterocycles. The summed E-state index contributed by atoms with van der Waals surface area (Å²) < 4.78 is 32.7. The molecule has 0 aliphatic heterocycles. The summed E-state index contributed by atoms with van der Waals surface area (Å²) >= 11 is 0. The molecule has 0 aromatic heterocycles. The summed E-state index contributed by atoms with van der Waals surface area (Å²) in [4.78, 5) is 34.8. The number of hydrogen-bond donors (Lipinski definition) is 2. The number of nitrogens with two attached hydrogens (primary N) is 1. The topological polar surface area (TPSA) is 134 Å². The van der Waals surface area contributed by atoms with Crippen molar-refractivity contribution in [3.05, 3.63) is 48.6 Å². The molecule has 2 atom stereocenters. The Bertz CT molecular complexity index is 1010. The lowest BCUT2D eigenvalue weighted by atomic mass is 10.1. The van der Waals surface area contributed by atoms with Crippen LogP contribution in [0.2, 0.25) is 0 Å². The predicted octanol–water partition coefficient (Wildman–Crippen LogP) is 11.9. The quantitative estimate of drug-likeness (QED) is 0.0271. The van der Waals surface area contributed by atoms with Gasteiger partial charge in [-0.05, 0) is 51.4 Å². The fraction of sp³-hybridized carbons (Fsp3) is 0.767. The normalized spacial score (nSPS) is 13.8. The number of carbonyl (C=O) groups is 2. The molecule has 0 aromatic carbocycles. The summed E-state index contributed by atoms with van der Waals surface area (Å²) in [6.45, 7) is 3.60. The van der Waals surface area contributed by atoms with E-state index in [1.807, 2.05) is 0 Å². The second-order valence-corrected chi connectivity index (χ2v) is 15.3. The first-order valence-corrected chi connectivity index (χ1v) is 22.6. The number of phosphoric ester groups is 1. The predicted molar refractivity (Wildman–Crippen MR) is 220 cm³/mol. The molecular formula is C43H78NO8P. The Morgan fingerprint density at radius 1 is 0.585 bits per heavy atom. The van der Waals surface area contributed by atoms with E-state index < -0.39 is 26.5 Å². The van der Waals surface area contributed by atoms with Gasteiger partial charge in [0, 0.05) is 19.4 Å². The van der Waals surface area contributed by atoms with Crippen molar-refractivity contribution in [1.29, 1.82) is 0 Å². The molecule has 0 amide bonds. The molecular weight excluding hydrogens is 689 g/mol. The highest BCUT2D eigenvalue weighted by molar-refractivity contribution is 7.47. The molecule has 0 bridgehead atoms. The Morgan fingerprint density at radius 2 is 1.04 bits per heavy atom. The number of allylic oxidation sites excluding steroid dienone is 8. The molecule has 53 heavy (non-hydrogen) atoms. The summed E-state index contributed by atoms with van der Waals surface area (Å²) in [5.74, 6) is -0.838. The van der Waals surface area contributed by atoms with Crippen LogP contribution in [0.4, 0.5) is 0 Å². The van der Waals surface area contributed by atoms with Crippen molar-refractivity contribution in [3.63, 3.8) is 0 Å². The highest BCUT2D eigenvalue weighted by atomic mass is 31.2. The number of phosphoric acid groups is 1. The summed E-state index contributed by atoms with van der Waals surface area (Å²) in [6.07, 6.45) is 44.2. The van der Waals surface area contributed by atoms with E-state index in [0.29, 0.717) is 6.42 Å². The van der Waals surface area contributed by atoms with Crippen molar-refractivity contribution < 1.29 is 37.6 Å². The van der Waals surface area contributed by atoms with Crippen LogP contribution in [-0.2, 0) is 32.7 Å². The lowest BCUT2D eigenvalue weighted by molar-refractivity contribution is -0.161. The first-order valence-electron chi connectivity index (χ1n) is 21.1. The highest BCUT2D eigenvalue weighted by Gasteiger charge is 2.26. The zero-order valence-electron chi connectivity index (χ0n) is 33.7. The van der Waals surface area contributed by atoms with Gasteiger partial charge >= 0.3 is 19.8 Å². The minimum atomic E-state index is -4.37. The van der Waals surface area contributed by atoms with Crippen LogP contribution in [0, 0.1) is 0 Å². The van der Waals surface area contributed by atoms with Crippen molar-refractivity contribution in [1.82, 2.24) is 0 Å². The monoisotopic (exact) mass is 768 g/mol. The maximum atomic E-state index is 12.6. The molecule has 0 heterocycles. The van der Waals surface area contributed by atoms with E-state index in [2.05, 4.69) is 62.5 Å². The van der Waals surface area contributed by atoms with E-state index in [-0.39, 0.29) is 38.6 Å². The van der Waals surface area contributed by atoms with E-state index >= 15 is 0 Å². The lowest BCUT2D eigenvalue weighted by Crippen LogP contribution is -2.29. The first kappa shape index (κ1) is 51.0. The summed E-state index contributed by atoms with van der Waals surface area (Å²) in [5, 5.41) is 0. The van der Waals surface area contributed by atoms with Crippen molar-refractivity contribution >= 4 is 19.8 Å². The molecule has 0 spiro atoms. The van der Waals surface area contributed by atoms with Crippen molar-refractivity contribution in [2.45, 2.75) is 187 Å². The highest BCUT2D eigenvalue weighted by Crippen LogP contribution is 2.43. The molecule has 9 nitrogen and oxygen atoms in total. The van der Waals surface area contributed by atoms with Gasteiger partial charge in [-0.2, -0.15) is 0 Å². The van der Waals surface area contributed by atoms with Crippen molar-refractivity contribution in [2.75, 3.05) is 26.4 Å². The molecule has 0 aliphatic carbocycles. The maximum absolute atomic E-state index is 12.6. The summed E-state index contributed by atoms with van der Waals surface area (Å²) in [7, 11) is -4.37. The van der Waals surface area contributed by atoms with Gasteiger partial charge in [-0.3, -0.25) is 18.6 Å². The number of carbonyl (C=O) groups excluding carboxylic acids is 2.